The molecule has 1 rings (SSSR count). The molecule has 0 aliphatic carbocycles. The van der Waals surface area contributed by atoms with Crippen molar-refractivity contribution in [3.05, 3.63) is 0 Å². The normalized spacial score (nSPS) is 20.2. The van der Waals surface area contributed by atoms with Gasteiger partial charge in [-0.1, -0.05) is 0 Å². The zero-order valence-electron chi connectivity index (χ0n) is 11.5. The summed E-state index contributed by atoms with van der Waals surface area (Å²) in [4.78, 5) is 11.1. The maximum atomic E-state index is 11.6. The van der Waals surface area contributed by atoms with E-state index in [4.69, 9.17) is 4.74 Å². The molecule has 0 radical (unpaired) electrons. The highest BCUT2D eigenvalue weighted by Gasteiger charge is 2.16. The van der Waals surface area contributed by atoms with Gasteiger partial charge in [-0.25, -0.2) is 13.1 Å². The van der Waals surface area contributed by atoms with Crippen LogP contribution in [0.5, 0.6) is 0 Å². The van der Waals surface area contributed by atoms with Crippen molar-refractivity contribution in [2.75, 3.05) is 32.0 Å². The maximum Gasteiger partial charge on any atom is 0.306 e. The number of sulfonamides is 1. The molecular weight excluding hydrogens is 268 g/mol. The first-order valence-corrected chi connectivity index (χ1v) is 8.52. The predicted octanol–water partition coefficient (Wildman–Crippen LogP) is 0.249. The minimum absolute atomic E-state index is 0.0891. The Morgan fingerprint density at radius 1 is 1.47 bits per heavy atom. The number of piperidine rings is 1. The molecule has 0 bridgehead atoms. The third-order valence-electron chi connectivity index (χ3n) is 3.15. The van der Waals surface area contributed by atoms with Crippen LogP contribution in [0.4, 0.5) is 0 Å². The maximum absolute atomic E-state index is 11.6. The van der Waals surface area contributed by atoms with Gasteiger partial charge in [-0.3, -0.25) is 4.79 Å². The molecule has 1 atom stereocenters. The molecule has 1 fully saturated rings. The average Bonchev–Trinajstić information content (AvgIpc) is 2.38. The Hall–Kier alpha value is -0.660. The summed E-state index contributed by atoms with van der Waals surface area (Å²) in [5.41, 5.74) is 0. The van der Waals surface area contributed by atoms with Crippen LogP contribution in [0.2, 0.25) is 0 Å². The van der Waals surface area contributed by atoms with Crippen molar-refractivity contribution in [1.29, 1.82) is 0 Å². The molecule has 0 saturated carbocycles. The molecule has 1 unspecified atom stereocenters. The van der Waals surface area contributed by atoms with Gasteiger partial charge >= 0.3 is 5.97 Å². The Balaban J connectivity index is 2.17. The van der Waals surface area contributed by atoms with E-state index in [2.05, 4.69) is 10.0 Å². The topological polar surface area (TPSA) is 84.5 Å². The van der Waals surface area contributed by atoms with E-state index in [0.29, 0.717) is 12.5 Å². The van der Waals surface area contributed by atoms with Crippen LogP contribution in [0.1, 0.15) is 32.6 Å². The van der Waals surface area contributed by atoms with Gasteiger partial charge in [-0.15, -0.1) is 0 Å². The number of carbonyl (C=O) groups excluding carboxylic acids is 1. The third-order valence-corrected chi connectivity index (χ3v) is 4.54. The molecule has 0 aromatic rings. The Morgan fingerprint density at radius 3 is 2.89 bits per heavy atom. The zero-order chi connectivity index (χ0) is 14.1. The second kappa shape index (κ2) is 8.50. The Morgan fingerprint density at radius 2 is 2.26 bits per heavy atom. The molecule has 7 heteroatoms. The first-order chi connectivity index (χ1) is 9.03. The number of ether oxygens (including phenoxy) is 1. The molecule has 1 saturated heterocycles. The van der Waals surface area contributed by atoms with E-state index in [0.717, 1.165) is 32.4 Å². The van der Waals surface area contributed by atoms with Crippen molar-refractivity contribution in [1.82, 2.24) is 10.0 Å². The number of hydrogen-bond donors (Lipinski definition) is 2. The highest BCUT2D eigenvalue weighted by Crippen LogP contribution is 2.13. The second-order valence-electron chi connectivity index (χ2n) is 4.77. The monoisotopic (exact) mass is 292 g/mol. The lowest BCUT2D eigenvalue weighted by Gasteiger charge is -2.22. The smallest absolute Gasteiger partial charge is 0.306 e. The van der Waals surface area contributed by atoms with Crippen LogP contribution < -0.4 is 10.0 Å². The standard InChI is InChI=1S/C12H24N2O4S/c1-2-18-12(15)6-9-19(16,17)14-8-5-11-4-3-7-13-10-11/h11,13-14H,2-10H2,1H3. The van der Waals surface area contributed by atoms with E-state index in [9.17, 15) is 13.2 Å². The molecule has 2 N–H and O–H groups in total. The van der Waals surface area contributed by atoms with Gasteiger partial charge in [0.25, 0.3) is 0 Å². The summed E-state index contributed by atoms with van der Waals surface area (Å²) in [6, 6.07) is 0. The third kappa shape index (κ3) is 7.49. The number of nitrogens with one attached hydrogen (secondary N) is 2. The predicted molar refractivity (Wildman–Crippen MR) is 73.3 cm³/mol. The van der Waals surface area contributed by atoms with E-state index in [1.54, 1.807) is 6.92 Å². The molecule has 0 amide bonds. The molecule has 112 valence electrons. The summed E-state index contributed by atoms with van der Waals surface area (Å²) in [6.07, 6.45) is 3.05. The van der Waals surface area contributed by atoms with Gasteiger partial charge in [0.05, 0.1) is 18.8 Å². The van der Waals surface area contributed by atoms with Gasteiger partial charge in [0, 0.05) is 6.54 Å². The summed E-state index contributed by atoms with van der Waals surface area (Å²) < 4.78 is 30.5. The van der Waals surface area contributed by atoms with Crippen LogP contribution in [0.15, 0.2) is 0 Å². The van der Waals surface area contributed by atoms with Crippen LogP contribution in [0.3, 0.4) is 0 Å². The van der Waals surface area contributed by atoms with Crippen LogP contribution >= 0.6 is 0 Å². The lowest BCUT2D eigenvalue weighted by molar-refractivity contribution is -0.142. The summed E-state index contributed by atoms with van der Waals surface area (Å²) in [5.74, 6) is -0.125. The largest absolute Gasteiger partial charge is 0.466 e. The molecule has 1 aliphatic heterocycles. The molecule has 0 aromatic carbocycles. The van der Waals surface area contributed by atoms with Crippen molar-refractivity contribution < 1.29 is 17.9 Å². The minimum atomic E-state index is -3.37. The van der Waals surface area contributed by atoms with Crippen molar-refractivity contribution in [3.63, 3.8) is 0 Å². The molecule has 1 aliphatic rings. The van der Waals surface area contributed by atoms with E-state index in [-0.39, 0.29) is 18.8 Å². The Kier molecular flexibility index (Phi) is 7.33. The van der Waals surface area contributed by atoms with Crippen molar-refractivity contribution >= 4 is 16.0 Å². The van der Waals surface area contributed by atoms with Gasteiger partial charge in [0.15, 0.2) is 0 Å². The lowest BCUT2D eigenvalue weighted by atomic mass is 9.96. The first kappa shape index (κ1) is 16.4. The van der Waals surface area contributed by atoms with E-state index in [1.807, 2.05) is 0 Å². The van der Waals surface area contributed by atoms with Gasteiger partial charge in [-0.05, 0) is 45.2 Å². The fourth-order valence-corrected chi connectivity index (χ4v) is 3.12. The number of carbonyl (C=O) groups is 1. The average molecular weight is 292 g/mol. The van der Waals surface area contributed by atoms with Crippen molar-refractivity contribution in [2.24, 2.45) is 5.92 Å². The van der Waals surface area contributed by atoms with Crippen LogP contribution in [-0.2, 0) is 19.6 Å². The summed E-state index contributed by atoms with van der Waals surface area (Å²) in [6.45, 7) is 4.44. The highest BCUT2D eigenvalue weighted by molar-refractivity contribution is 7.89. The van der Waals surface area contributed by atoms with Gasteiger partial charge in [0.1, 0.15) is 0 Å². The molecule has 0 aromatic heterocycles. The van der Waals surface area contributed by atoms with Gasteiger partial charge < -0.3 is 10.1 Å². The van der Waals surface area contributed by atoms with E-state index in [1.165, 1.54) is 0 Å². The Labute approximate surface area is 115 Å². The quantitative estimate of drug-likeness (QED) is 0.626. The number of esters is 1. The fraction of sp³-hybridized carbons (Fsp3) is 0.917. The molecule has 19 heavy (non-hydrogen) atoms. The van der Waals surface area contributed by atoms with Crippen LogP contribution in [0, 0.1) is 5.92 Å². The number of hydrogen-bond acceptors (Lipinski definition) is 5. The SMILES string of the molecule is CCOC(=O)CCS(=O)(=O)NCCC1CCCNC1. The zero-order valence-corrected chi connectivity index (χ0v) is 12.3. The van der Waals surface area contributed by atoms with Crippen molar-refractivity contribution in [3.8, 4) is 0 Å². The van der Waals surface area contributed by atoms with Gasteiger partial charge in [0.2, 0.25) is 10.0 Å². The number of rotatable bonds is 8. The Bertz CT molecular complexity index is 364. The van der Waals surface area contributed by atoms with Gasteiger partial charge in [-0.2, -0.15) is 0 Å². The minimum Gasteiger partial charge on any atom is -0.466 e. The van der Waals surface area contributed by atoms with E-state index >= 15 is 0 Å². The second-order valence-corrected chi connectivity index (χ2v) is 6.70. The molecule has 0 spiro atoms. The van der Waals surface area contributed by atoms with Crippen molar-refractivity contribution in [2.45, 2.75) is 32.6 Å². The lowest BCUT2D eigenvalue weighted by Crippen LogP contribution is -2.34. The van der Waals surface area contributed by atoms with Crippen LogP contribution in [-0.4, -0.2) is 46.4 Å². The summed E-state index contributed by atoms with van der Waals surface area (Å²) in [5, 5.41) is 3.30. The first-order valence-electron chi connectivity index (χ1n) is 6.87. The molecule has 1 heterocycles. The molecular formula is C12H24N2O4S. The summed E-state index contributed by atoms with van der Waals surface area (Å²) in [7, 11) is -3.37. The fourth-order valence-electron chi connectivity index (χ4n) is 2.11. The summed E-state index contributed by atoms with van der Waals surface area (Å²) >= 11 is 0. The molecule has 6 nitrogen and oxygen atoms in total. The van der Waals surface area contributed by atoms with Crippen LogP contribution in [0.25, 0.3) is 0 Å². The highest BCUT2D eigenvalue weighted by atomic mass is 32.2. The van der Waals surface area contributed by atoms with E-state index < -0.39 is 16.0 Å².